The van der Waals surface area contributed by atoms with Gasteiger partial charge in [0.25, 0.3) is 9.05 Å². The number of rotatable bonds is 0. The molecule has 0 saturated heterocycles. The van der Waals surface area contributed by atoms with Crippen molar-refractivity contribution in [2.45, 2.75) is 0 Å². The van der Waals surface area contributed by atoms with E-state index in [-0.39, 0.29) is 69.9 Å². The maximum atomic E-state index is 9.11. The molecule has 1 radical (unpaired) electrons. The van der Waals surface area contributed by atoms with Crippen LogP contribution >= 0.6 is 0 Å². The van der Waals surface area contributed by atoms with Crippen LogP contribution in [0.5, 0.6) is 0 Å². The Morgan fingerprint density at radius 2 is 1.57 bits per heavy atom. The molecule has 0 rings (SSSR count). The zero-order valence-corrected chi connectivity index (χ0v) is 9.12. The summed E-state index contributed by atoms with van der Waals surface area (Å²) in [5.74, 6) is 0. The Morgan fingerprint density at radius 3 is 1.57 bits per heavy atom. The Balaban J connectivity index is -0.0000000267. The van der Waals surface area contributed by atoms with Gasteiger partial charge in [0.05, 0.1) is 0 Å². The van der Waals surface area contributed by atoms with Gasteiger partial charge in [-0.3, -0.25) is 9.11 Å². The van der Waals surface area contributed by atoms with Crippen LogP contribution < -0.4 is 51.4 Å². The van der Waals surface area contributed by atoms with Gasteiger partial charge in [0.15, 0.2) is 0 Å². The van der Waals surface area contributed by atoms with Crippen molar-refractivity contribution in [3.05, 3.63) is 0 Å². The Kier molecular flexibility index (Phi) is 15.2. The second-order valence-electron chi connectivity index (χ2n) is 0.448. The predicted molar refractivity (Wildman–Crippen MR) is 21.9 cm³/mol. The summed E-state index contributed by atoms with van der Waals surface area (Å²) in [5.41, 5.74) is 0. The zero-order chi connectivity index (χ0) is 4.50. The van der Waals surface area contributed by atoms with Gasteiger partial charge in [0, 0.05) is 28.3 Å². The molecule has 3 nitrogen and oxygen atoms in total. The van der Waals surface area contributed by atoms with Crippen LogP contribution in [-0.4, -0.2) is 13.3 Å². The first kappa shape index (κ1) is 16.2. The molecule has 0 atom stereocenters. The third-order valence-electron chi connectivity index (χ3n) is 0. The molecule has 0 aliphatic heterocycles. The molecule has 0 bridgehead atoms. The van der Waals surface area contributed by atoms with Crippen LogP contribution in [0.15, 0.2) is 0 Å². The van der Waals surface area contributed by atoms with E-state index in [0.29, 0.717) is 0 Å². The third kappa shape index (κ3) is 58.7. The van der Waals surface area contributed by atoms with E-state index in [9.17, 15) is 0 Å². The molecular formula is H3CuKO3S2. The summed E-state index contributed by atoms with van der Waals surface area (Å²) in [6.45, 7) is 0. The van der Waals surface area contributed by atoms with Crippen LogP contribution in [-0.2, 0) is 37.3 Å². The second-order valence-corrected chi connectivity index (χ2v) is 2.65. The molecule has 2 N–H and O–H groups in total. The van der Waals surface area contributed by atoms with Gasteiger partial charge < -0.3 is 1.43 Å². The van der Waals surface area contributed by atoms with Crippen LogP contribution in [0.25, 0.3) is 0 Å². The molecule has 0 amide bonds. The third-order valence-corrected chi connectivity index (χ3v) is 0. The number of hydrogen-bond donors (Lipinski definition) is 2. The molecule has 0 aromatic carbocycles. The van der Waals surface area contributed by atoms with Crippen LogP contribution in [0.2, 0.25) is 0 Å². The van der Waals surface area contributed by atoms with E-state index < -0.39 is 9.05 Å². The van der Waals surface area contributed by atoms with Crippen molar-refractivity contribution in [1.29, 1.82) is 0 Å². The topological polar surface area (TPSA) is 57.5 Å². The number of hydrogen-bond acceptors (Lipinski definition) is 2. The Labute approximate surface area is 101 Å². The molecule has 0 fully saturated rings. The predicted octanol–water partition coefficient (Wildman–Crippen LogP) is -3.21. The minimum atomic E-state index is -3.83. The van der Waals surface area contributed by atoms with Gasteiger partial charge in [0.1, 0.15) is 0 Å². The van der Waals surface area contributed by atoms with E-state index in [4.69, 9.17) is 13.3 Å². The summed E-state index contributed by atoms with van der Waals surface area (Å²) >= 11 is 3.47. The van der Waals surface area contributed by atoms with Crippen LogP contribution in [0.3, 0.4) is 0 Å². The average Bonchev–Trinajstić information content (AvgIpc) is 0.722. The Morgan fingerprint density at radius 1 is 1.57 bits per heavy atom. The van der Waals surface area contributed by atoms with Gasteiger partial charge in [-0.2, -0.15) is 4.21 Å². The minimum absolute atomic E-state index is 0. The van der Waals surface area contributed by atoms with Crippen LogP contribution in [0, 0.1) is 0 Å². The summed E-state index contributed by atoms with van der Waals surface area (Å²) in [6.07, 6.45) is 0. The molecule has 0 heterocycles. The summed E-state index contributed by atoms with van der Waals surface area (Å²) in [7, 11) is -3.83. The van der Waals surface area contributed by atoms with Gasteiger partial charge in [-0.25, -0.2) is 0 Å². The van der Waals surface area contributed by atoms with Crippen molar-refractivity contribution < 1.29 is 83.2 Å². The van der Waals surface area contributed by atoms with Crippen molar-refractivity contribution in [2.75, 3.05) is 0 Å². The molecule has 0 aliphatic carbocycles. The Bertz CT molecular complexity index is 100. The first-order chi connectivity index (χ1) is 2.00. The van der Waals surface area contributed by atoms with Crippen LogP contribution in [0.1, 0.15) is 1.43 Å². The molecule has 0 aromatic heterocycles. The van der Waals surface area contributed by atoms with E-state index >= 15 is 0 Å². The maximum Gasteiger partial charge on any atom is 1.00 e. The van der Waals surface area contributed by atoms with E-state index in [1.54, 1.807) is 0 Å². The van der Waals surface area contributed by atoms with Crippen LogP contribution in [0.4, 0.5) is 0 Å². The van der Waals surface area contributed by atoms with E-state index in [2.05, 4.69) is 11.2 Å². The van der Waals surface area contributed by atoms with E-state index in [1.807, 2.05) is 0 Å². The van der Waals surface area contributed by atoms with Gasteiger partial charge >= 0.3 is 51.4 Å². The fourth-order valence-corrected chi connectivity index (χ4v) is 0. The van der Waals surface area contributed by atoms with Gasteiger partial charge in [-0.05, 0) is 0 Å². The van der Waals surface area contributed by atoms with E-state index in [0.717, 1.165) is 0 Å². The standard InChI is InChI=1S/Cu.K.H2O3S2.H/c;;1-5(2,3)4;/h;;(H2,1,2,3,4);/q;+1;;-1. The molecule has 0 saturated carbocycles. The Hall–Kier alpha value is 2.45. The SMILES string of the molecule is O=S(O)(O)=S.[Cu].[H-].[K+]. The van der Waals surface area contributed by atoms with Crippen molar-refractivity contribution in [3.63, 3.8) is 0 Å². The quantitative estimate of drug-likeness (QED) is 0.420. The van der Waals surface area contributed by atoms with Crippen molar-refractivity contribution in [2.24, 2.45) is 0 Å². The zero-order valence-electron chi connectivity index (χ0n) is 4.42. The van der Waals surface area contributed by atoms with Crippen molar-refractivity contribution in [3.8, 4) is 0 Å². The molecule has 7 heteroatoms. The monoisotopic (exact) mass is 217 g/mol. The molecule has 0 aliphatic rings. The smallest absolute Gasteiger partial charge is 1.00 e. The maximum absolute atomic E-state index is 9.11. The van der Waals surface area contributed by atoms with Gasteiger partial charge in [-0.15, -0.1) is 0 Å². The van der Waals surface area contributed by atoms with Gasteiger partial charge in [-0.1, -0.05) is 0 Å². The first-order valence-corrected chi connectivity index (χ1v) is 3.10. The molecule has 0 spiro atoms. The molecule has 0 unspecified atom stereocenters. The van der Waals surface area contributed by atoms with Crippen molar-refractivity contribution >= 4 is 20.2 Å². The minimum Gasteiger partial charge on any atom is -1.00 e. The summed E-state index contributed by atoms with van der Waals surface area (Å²) in [6, 6.07) is 0. The second kappa shape index (κ2) is 6.56. The fraction of sp³-hybridized carbons (Fsp3) is 0. The molecule has 0 aromatic rings. The van der Waals surface area contributed by atoms with Gasteiger partial charge in [0.2, 0.25) is 0 Å². The summed E-state index contributed by atoms with van der Waals surface area (Å²) in [5, 5.41) is 0. The van der Waals surface area contributed by atoms with Crippen molar-refractivity contribution in [1.82, 2.24) is 0 Å². The molecular weight excluding hydrogens is 215 g/mol. The molecule has 45 valence electrons. The van der Waals surface area contributed by atoms with E-state index in [1.165, 1.54) is 0 Å². The summed E-state index contributed by atoms with van der Waals surface area (Å²) < 4.78 is 24.0. The fourth-order valence-electron chi connectivity index (χ4n) is 0. The molecule has 7 heavy (non-hydrogen) atoms. The normalized spacial score (nSPS) is 8.29. The average molecular weight is 218 g/mol. The largest absolute Gasteiger partial charge is 1.00 e. The summed E-state index contributed by atoms with van der Waals surface area (Å²) in [4.78, 5) is 0. The first-order valence-electron chi connectivity index (χ1n) is 0.698.